The first kappa shape index (κ1) is 13.8. The van der Waals surface area contributed by atoms with Crippen molar-refractivity contribution in [3.05, 3.63) is 58.4 Å². The molecule has 19 heavy (non-hydrogen) atoms. The Morgan fingerprint density at radius 3 is 2.58 bits per heavy atom. The van der Waals surface area contributed by atoms with Crippen LogP contribution in [0.15, 0.2) is 36.4 Å². The Labute approximate surface area is 121 Å². The molecule has 0 aliphatic heterocycles. The second kappa shape index (κ2) is 5.55. The molecule has 0 fully saturated rings. The normalized spacial score (nSPS) is 10.3. The number of nitrogens with one attached hydrogen (secondary N) is 1. The van der Waals surface area contributed by atoms with Crippen molar-refractivity contribution in [3.63, 3.8) is 0 Å². The van der Waals surface area contributed by atoms with Gasteiger partial charge >= 0.3 is 0 Å². The van der Waals surface area contributed by atoms with Crippen LogP contribution >= 0.6 is 23.8 Å². The number of rotatable bonds is 3. The molecule has 0 spiro atoms. The van der Waals surface area contributed by atoms with Crippen molar-refractivity contribution in [2.75, 3.05) is 5.32 Å². The first-order valence-electron chi connectivity index (χ1n) is 5.60. The molecule has 0 atom stereocenters. The van der Waals surface area contributed by atoms with Gasteiger partial charge in [0.2, 0.25) is 0 Å². The number of thiocarbonyl (C=S) groups is 1. The van der Waals surface area contributed by atoms with E-state index in [0.717, 1.165) is 11.3 Å². The van der Waals surface area contributed by atoms with Crippen LogP contribution in [0.2, 0.25) is 5.02 Å². The monoisotopic (exact) mass is 294 g/mol. The molecule has 2 nitrogen and oxygen atoms in total. The molecule has 0 aliphatic rings. The summed E-state index contributed by atoms with van der Waals surface area (Å²) in [6.07, 6.45) is 0. The van der Waals surface area contributed by atoms with Crippen LogP contribution in [0.3, 0.4) is 0 Å². The predicted octanol–water partition coefficient (Wildman–Crippen LogP) is 4.17. The van der Waals surface area contributed by atoms with Gasteiger partial charge in [-0.05, 0) is 42.8 Å². The molecule has 0 unspecified atom stereocenters. The summed E-state index contributed by atoms with van der Waals surface area (Å²) in [7, 11) is 0. The van der Waals surface area contributed by atoms with E-state index in [9.17, 15) is 4.39 Å². The number of halogens is 2. The summed E-state index contributed by atoms with van der Waals surface area (Å²) >= 11 is 10.9. The van der Waals surface area contributed by atoms with E-state index in [1.165, 1.54) is 6.07 Å². The van der Waals surface area contributed by atoms with Crippen molar-refractivity contribution >= 4 is 40.2 Å². The van der Waals surface area contributed by atoms with E-state index in [4.69, 9.17) is 29.6 Å². The fraction of sp³-hybridized carbons (Fsp3) is 0.0714. The molecule has 3 N–H and O–H groups in total. The molecule has 0 amide bonds. The Morgan fingerprint density at radius 2 is 2.00 bits per heavy atom. The zero-order chi connectivity index (χ0) is 14.0. The lowest BCUT2D eigenvalue weighted by Gasteiger charge is -2.10. The maximum atomic E-state index is 13.7. The number of benzene rings is 2. The third-order valence-electron chi connectivity index (χ3n) is 2.64. The quantitative estimate of drug-likeness (QED) is 0.835. The van der Waals surface area contributed by atoms with Gasteiger partial charge in [0, 0.05) is 11.3 Å². The average molecular weight is 295 g/mol. The van der Waals surface area contributed by atoms with Crippen molar-refractivity contribution < 1.29 is 4.39 Å². The van der Waals surface area contributed by atoms with Crippen LogP contribution in [0.25, 0.3) is 0 Å². The standard InChI is InChI=1S/C14H12ClFN2S/c1-8-2-5-13(11(15)6-8)18-9-3-4-10(14(17)19)12(16)7-9/h2-7,18H,1H3,(H2,17,19). The van der Waals surface area contributed by atoms with Crippen LogP contribution in [0.5, 0.6) is 0 Å². The van der Waals surface area contributed by atoms with Crippen molar-refractivity contribution in [2.24, 2.45) is 5.73 Å². The largest absolute Gasteiger partial charge is 0.389 e. The fourth-order valence-electron chi connectivity index (χ4n) is 1.67. The van der Waals surface area contributed by atoms with Crippen LogP contribution in [-0.2, 0) is 0 Å². The second-order valence-electron chi connectivity index (χ2n) is 4.17. The highest BCUT2D eigenvalue weighted by atomic mass is 35.5. The molecule has 0 saturated carbocycles. The van der Waals surface area contributed by atoms with Gasteiger partial charge in [-0.15, -0.1) is 0 Å². The zero-order valence-electron chi connectivity index (χ0n) is 10.2. The van der Waals surface area contributed by atoms with Gasteiger partial charge in [0.05, 0.1) is 10.7 Å². The smallest absolute Gasteiger partial charge is 0.135 e. The van der Waals surface area contributed by atoms with Gasteiger partial charge in [-0.25, -0.2) is 4.39 Å². The summed E-state index contributed by atoms with van der Waals surface area (Å²) in [6, 6.07) is 10.2. The molecule has 0 aromatic heterocycles. The Bertz CT molecular complexity index is 643. The Morgan fingerprint density at radius 1 is 1.26 bits per heavy atom. The molecule has 2 aromatic carbocycles. The van der Waals surface area contributed by atoms with E-state index in [1.807, 2.05) is 25.1 Å². The van der Waals surface area contributed by atoms with Crippen molar-refractivity contribution in [1.29, 1.82) is 0 Å². The Kier molecular flexibility index (Phi) is 4.02. The number of nitrogens with two attached hydrogens (primary N) is 1. The second-order valence-corrected chi connectivity index (χ2v) is 5.01. The van der Waals surface area contributed by atoms with Gasteiger partial charge in [-0.1, -0.05) is 29.9 Å². The maximum absolute atomic E-state index is 13.7. The Hall–Kier alpha value is -1.65. The predicted molar refractivity (Wildman–Crippen MR) is 81.8 cm³/mol. The topological polar surface area (TPSA) is 38.0 Å². The third kappa shape index (κ3) is 3.22. The number of aryl methyl sites for hydroxylation is 1. The molecular formula is C14H12ClFN2S. The van der Waals surface area contributed by atoms with E-state index in [-0.39, 0.29) is 10.6 Å². The minimum absolute atomic E-state index is 0.0393. The molecule has 2 rings (SSSR count). The molecule has 0 aliphatic carbocycles. The van der Waals surface area contributed by atoms with E-state index >= 15 is 0 Å². The molecule has 0 heterocycles. The molecule has 5 heteroatoms. The van der Waals surface area contributed by atoms with Gasteiger partial charge in [-0.3, -0.25) is 0 Å². The molecular weight excluding hydrogens is 283 g/mol. The Balaban J connectivity index is 2.29. The van der Waals surface area contributed by atoms with E-state index in [0.29, 0.717) is 10.7 Å². The van der Waals surface area contributed by atoms with Gasteiger partial charge in [0.15, 0.2) is 0 Å². The number of anilines is 2. The summed E-state index contributed by atoms with van der Waals surface area (Å²) in [5, 5.41) is 3.63. The van der Waals surface area contributed by atoms with Crippen LogP contribution in [0, 0.1) is 12.7 Å². The van der Waals surface area contributed by atoms with Crippen LogP contribution in [-0.4, -0.2) is 4.99 Å². The number of hydrogen-bond donors (Lipinski definition) is 2. The zero-order valence-corrected chi connectivity index (χ0v) is 11.8. The minimum Gasteiger partial charge on any atom is -0.389 e. The van der Waals surface area contributed by atoms with Gasteiger partial charge in [0.25, 0.3) is 0 Å². The maximum Gasteiger partial charge on any atom is 0.135 e. The van der Waals surface area contributed by atoms with Crippen LogP contribution < -0.4 is 11.1 Å². The average Bonchev–Trinajstić information content (AvgIpc) is 2.32. The van der Waals surface area contributed by atoms with Crippen LogP contribution in [0.4, 0.5) is 15.8 Å². The molecule has 2 aromatic rings. The van der Waals surface area contributed by atoms with E-state index in [1.54, 1.807) is 12.1 Å². The number of hydrogen-bond acceptors (Lipinski definition) is 2. The third-order valence-corrected chi connectivity index (χ3v) is 3.17. The van der Waals surface area contributed by atoms with Gasteiger partial charge < -0.3 is 11.1 Å². The van der Waals surface area contributed by atoms with Gasteiger partial charge in [-0.2, -0.15) is 0 Å². The van der Waals surface area contributed by atoms with Gasteiger partial charge in [0.1, 0.15) is 10.8 Å². The van der Waals surface area contributed by atoms with Crippen molar-refractivity contribution in [3.8, 4) is 0 Å². The summed E-state index contributed by atoms with van der Waals surface area (Å²) in [5.74, 6) is -0.458. The minimum atomic E-state index is -0.458. The summed E-state index contributed by atoms with van der Waals surface area (Å²) < 4.78 is 13.7. The van der Waals surface area contributed by atoms with Crippen LogP contribution in [0.1, 0.15) is 11.1 Å². The van der Waals surface area contributed by atoms with E-state index in [2.05, 4.69) is 5.32 Å². The lowest BCUT2D eigenvalue weighted by molar-refractivity contribution is 0.626. The lowest BCUT2D eigenvalue weighted by atomic mass is 10.1. The van der Waals surface area contributed by atoms with Crippen molar-refractivity contribution in [1.82, 2.24) is 0 Å². The highest BCUT2D eigenvalue weighted by molar-refractivity contribution is 7.80. The first-order chi connectivity index (χ1) is 8.97. The van der Waals surface area contributed by atoms with E-state index < -0.39 is 5.82 Å². The molecule has 0 saturated heterocycles. The molecule has 0 radical (unpaired) electrons. The summed E-state index contributed by atoms with van der Waals surface area (Å²) in [4.78, 5) is 0.0393. The SMILES string of the molecule is Cc1ccc(Nc2ccc(C(N)=S)c(F)c2)c(Cl)c1. The molecule has 0 bridgehead atoms. The highest BCUT2D eigenvalue weighted by Gasteiger charge is 2.07. The lowest BCUT2D eigenvalue weighted by Crippen LogP contribution is -2.11. The fourth-order valence-corrected chi connectivity index (χ4v) is 2.12. The van der Waals surface area contributed by atoms with Crippen molar-refractivity contribution in [2.45, 2.75) is 6.92 Å². The summed E-state index contributed by atoms with van der Waals surface area (Å²) in [6.45, 7) is 1.95. The first-order valence-corrected chi connectivity index (χ1v) is 6.38. The highest BCUT2D eigenvalue weighted by Crippen LogP contribution is 2.27. The molecule has 98 valence electrons. The summed E-state index contributed by atoms with van der Waals surface area (Å²) in [5.41, 5.74) is 8.00.